The normalized spacial score (nSPS) is 12.5. The average molecular weight is 268 g/mol. The Morgan fingerprint density at radius 3 is 2.90 bits per heavy atom. The number of nitrogens with one attached hydrogen (secondary N) is 2. The summed E-state index contributed by atoms with van der Waals surface area (Å²) in [5, 5.41) is 4.64. The Morgan fingerprint density at radius 2 is 2.05 bits per heavy atom. The SMILES string of the molecule is CC(Cc1cccc(F)c1)Nc1ccc2[nH]ccc2c1. The Hall–Kier alpha value is -2.29. The van der Waals surface area contributed by atoms with Crippen LogP contribution in [0.5, 0.6) is 0 Å². The molecule has 1 aromatic heterocycles. The van der Waals surface area contributed by atoms with Gasteiger partial charge in [0.25, 0.3) is 0 Å². The molecule has 0 fully saturated rings. The van der Waals surface area contributed by atoms with E-state index < -0.39 is 0 Å². The zero-order valence-corrected chi connectivity index (χ0v) is 11.4. The molecule has 3 heteroatoms. The number of rotatable bonds is 4. The number of anilines is 1. The van der Waals surface area contributed by atoms with Gasteiger partial charge in [-0.2, -0.15) is 0 Å². The highest BCUT2D eigenvalue weighted by atomic mass is 19.1. The molecule has 0 radical (unpaired) electrons. The number of halogens is 1. The quantitative estimate of drug-likeness (QED) is 0.723. The molecular weight excluding hydrogens is 251 g/mol. The molecule has 0 aliphatic carbocycles. The van der Waals surface area contributed by atoms with Crippen molar-refractivity contribution in [2.24, 2.45) is 0 Å². The Labute approximate surface area is 117 Å². The van der Waals surface area contributed by atoms with Gasteiger partial charge in [0.1, 0.15) is 5.82 Å². The zero-order chi connectivity index (χ0) is 13.9. The number of fused-ring (bicyclic) bond motifs is 1. The monoisotopic (exact) mass is 268 g/mol. The van der Waals surface area contributed by atoms with Crippen molar-refractivity contribution >= 4 is 16.6 Å². The molecule has 20 heavy (non-hydrogen) atoms. The van der Waals surface area contributed by atoms with Gasteiger partial charge < -0.3 is 10.3 Å². The van der Waals surface area contributed by atoms with E-state index in [1.807, 2.05) is 12.3 Å². The van der Waals surface area contributed by atoms with Gasteiger partial charge in [-0.25, -0.2) is 4.39 Å². The molecule has 0 aliphatic rings. The topological polar surface area (TPSA) is 27.8 Å². The average Bonchev–Trinajstić information content (AvgIpc) is 2.86. The van der Waals surface area contributed by atoms with Crippen LogP contribution in [-0.2, 0) is 6.42 Å². The van der Waals surface area contributed by atoms with E-state index in [4.69, 9.17) is 0 Å². The smallest absolute Gasteiger partial charge is 0.123 e. The molecular formula is C17H17FN2. The van der Waals surface area contributed by atoms with Crippen LogP contribution in [0.15, 0.2) is 54.7 Å². The minimum absolute atomic E-state index is 0.177. The molecule has 2 N–H and O–H groups in total. The van der Waals surface area contributed by atoms with Crippen molar-refractivity contribution in [2.45, 2.75) is 19.4 Å². The molecule has 0 saturated carbocycles. The predicted molar refractivity (Wildman–Crippen MR) is 81.5 cm³/mol. The van der Waals surface area contributed by atoms with Crippen molar-refractivity contribution in [3.8, 4) is 0 Å². The zero-order valence-electron chi connectivity index (χ0n) is 11.4. The van der Waals surface area contributed by atoms with E-state index in [-0.39, 0.29) is 11.9 Å². The van der Waals surface area contributed by atoms with E-state index in [0.29, 0.717) is 0 Å². The molecule has 1 heterocycles. The maximum Gasteiger partial charge on any atom is 0.123 e. The lowest BCUT2D eigenvalue weighted by atomic mass is 10.1. The van der Waals surface area contributed by atoms with Crippen molar-refractivity contribution in [3.63, 3.8) is 0 Å². The number of hydrogen-bond donors (Lipinski definition) is 2. The summed E-state index contributed by atoms with van der Waals surface area (Å²) >= 11 is 0. The number of hydrogen-bond acceptors (Lipinski definition) is 1. The lowest BCUT2D eigenvalue weighted by molar-refractivity contribution is 0.624. The fourth-order valence-corrected chi connectivity index (χ4v) is 2.50. The highest BCUT2D eigenvalue weighted by Gasteiger charge is 2.05. The van der Waals surface area contributed by atoms with Crippen LogP contribution in [0.2, 0.25) is 0 Å². The maximum absolute atomic E-state index is 13.2. The molecule has 2 nitrogen and oxygen atoms in total. The third-order valence-corrected chi connectivity index (χ3v) is 3.40. The van der Waals surface area contributed by atoms with Crippen LogP contribution in [0.3, 0.4) is 0 Å². The minimum atomic E-state index is -0.177. The van der Waals surface area contributed by atoms with Gasteiger partial charge in [0.05, 0.1) is 0 Å². The van der Waals surface area contributed by atoms with Crippen LogP contribution in [0.25, 0.3) is 10.9 Å². The maximum atomic E-state index is 13.2. The summed E-state index contributed by atoms with van der Waals surface area (Å²) in [5.41, 5.74) is 3.22. The van der Waals surface area contributed by atoms with Gasteiger partial charge in [-0.05, 0) is 55.3 Å². The second kappa shape index (κ2) is 5.37. The Balaban J connectivity index is 1.70. The van der Waals surface area contributed by atoms with Gasteiger partial charge in [-0.3, -0.25) is 0 Å². The molecule has 1 atom stereocenters. The Morgan fingerprint density at radius 1 is 1.15 bits per heavy atom. The second-order valence-electron chi connectivity index (χ2n) is 5.16. The van der Waals surface area contributed by atoms with E-state index in [0.717, 1.165) is 23.2 Å². The molecule has 2 aromatic carbocycles. The summed E-state index contributed by atoms with van der Waals surface area (Å²) in [6.07, 6.45) is 2.73. The van der Waals surface area contributed by atoms with Crippen LogP contribution in [0.4, 0.5) is 10.1 Å². The fourth-order valence-electron chi connectivity index (χ4n) is 2.50. The van der Waals surface area contributed by atoms with Crippen LogP contribution in [0.1, 0.15) is 12.5 Å². The molecule has 0 saturated heterocycles. The summed E-state index contributed by atoms with van der Waals surface area (Å²) in [4.78, 5) is 3.18. The Kier molecular flexibility index (Phi) is 3.42. The highest BCUT2D eigenvalue weighted by Crippen LogP contribution is 2.19. The van der Waals surface area contributed by atoms with Gasteiger partial charge in [0.2, 0.25) is 0 Å². The first kappa shape index (κ1) is 12.7. The summed E-state index contributed by atoms with van der Waals surface area (Å²) in [7, 11) is 0. The van der Waals surface area contributed by atoms with Crippen LogP contribution in [-0.4, -0.2) is 11.0 Å². The minimum Gasteiger partial charge on any atom is -0.382 e. The first-order valence-corrected chi connectivity index (χ1v) is 6.79. The van der Waals surface area contributed by atoms with E-state index in [1.54, 1.807) is 12.1 Å². The number of H-pyrrole nitrogens is 1. The van der Waals surface area contributed by atoms with E-state index in [9.17, 15) is 4.39 Å². The van der Waals surface area contributed by atoms with Gasteiger partial charge in [-0.1, -0.05) is 12.1 Å². The summed E-state index contributed by atoms with van der Waals surface area (Å²) in [6, 6.07) is 15.3. The van der Waals surface area contributed by atoms with Gasteiger partial charge in [0, 0.05) is 28.8 Å². The lowest BCUT2D eigenvalue weighted by Crippen LogP contribution is -2.18. The van der Waals surface area contributed by atoms with Crippen molar-refractivity contribution in [2.75, 3.05) is 5.32 Å². The lowest BCUT2D eigenvalue weighted by Gasteiger charge is -2.15. The summed E-state index contributed by atoms with van der Waals surface area (Å²) in [6.45, 7) is 2.10. The van der Waals surface area contributed by atoms with Crippen molar-refractivity contribution < 1.29 is 4.39 Å². The molecule has 1 unspecified atom stereocenters. The first-order valence-electron chi connectivity index (χ1n) is 6.79. The van der Waals surface area contributed by atoms with Crippen LogP contribution >= 0.6 is 0 Å². The molecule has 3 aromatic rings. The molecule has 0 amide bonds. The van der Waals surface area contributed by atoms with E-state index >= 15 is 0 Å². The Bertz CT molecular complexity index is 718. The van der Waals surface area contributed by atoms with E-state index in [2.05, 4.69) is 41.5 Å². The summed E-state index contributed by atoms with van der Waals surface area (Å²) < 4.78 is 13.2. The molecule has 0 aliphatic heterocycles. The largest absolute Gasteiger partial charge is 0.382 e. The molecule has 0 bridgehead atoms. The molecule has 0 spiro atoms. The van der Waals surface area contributed by atoms with Crippen molar-refractivity contribution in [3.05, 3.63) is 66.1 Å². The standard InChI is InChI=1S/C17H17FN2/c1-12(9-13-3-2-4-15(18)10-13)20-16-5-6-17-14(11-16)7-8-19-17/h2-8,10-12,19-20H,9H2,1H3. The number of aromatic nitrogens is 1. The third kappa shape index (κ3) is 2.82. The molecule has 102 valence electrons. The second-order valence-corrected chi connectivity index (χ2v) is 5.16. The highest BCUT2D eigenvalue weighted by molar-refractivity contribution is 5.83. The predicted octanol–water partition coefficient (Wildman–Crippen LogP) is 4.35. The first-order chi connectivity index (χ1) is 9.70. The van der Waals surface area contributed by atoms with E-state index in [1.165, 1.54) is 11.5 Å². The van der Waals surface area contributed by atoms with Crippen LogP contribution < -0.4 is 5.32 Å². The van der Waals surface area contributed by atoms with Crippen molar-refractivity contribution in [1.29, 1.82) is 0 Å². The third-order valence-electron chi connectivity index (χ3n) is 3.40. The van der Waals surface area contributed by atoms with Crippen LogP contribution in [0, 0.1) is 5.82 Å². The van der Waals surface area contributed by atoms with Gasteiger partial charge in [0.15, 0.2) is 0 Å². The van der Waals surface area contributed by atoms with Crippen molar-refractivity contribution in [1.82, 2.24) is 4.98 Å². The van der Waals surface area contributed by atoms with Gasteiger partial charge in [-0.15, -0.1) is 0 Å². The summed E-state index contributed by atoms with van der Waals surface area (Å²) in [5.74, 6) is -0.177. The molecule has 3 rings (SSSR count). The number of benzene rings is 2. The number of aromatic amines is 1. The van der Waals surface area contributed by atoms with Gasteiger partial charge >= 0.3 is 0 Å². The fraction of sp³-hybridized carbons (Fsp3) is 0.176.